The Hall–Kier alpha value is -1.17. The Morgan fingerprint density at radius 1 is 1.50 bits per heavy atom. The molecule has 0 aromatic carbocycles. The minimum atomic E-state index is -0.753. The minimum Gasteiger partial charge on any atom is -0.458 e. The van der Waals surface area contributed by atoms with Crippen LogP contribution in [0.15, 0.2) is 23.8 Å². The average molecular weight is 282 g/mol. The van der Waals surface area contributed by atoms with Gasteiger partial charge in [0.1, 0.15) is 12.2 Å². The Labute approximate surface area is 118 Å². The lowest BCUT2D eigenvalue weighted by Gasteiger charge is -2.25. The number of esters is 1. The van der Waals surface area contributed by atoms with Crippen LogP contribution in [0.4, 0.5) is 0 Å². The zero-order chi connectivity index (χ0) is 14.9. The van der Waals surface area contributed by atoms with Gasteiger partial charge in [-0.1, -0.05) is 13.5 Å². The Bertz CT molecular complexity index is 428. The van der Waals surface area contributed by atoms with Gasteiger partial charge in [-0.15, -0.1) is 0 Å². The molecule has 0 radical (unpaired) electrons. The van der Waals surface area contributed by atoms with Gasteiger partial charge in [0.25, 0.3) is 0 Å². The summed E-state index contributed by atoms with van der Waals surface area (Å²) >= 11 is 0. The van der Waals surface area contributed by atoms with Gasteiger partial charge in [-0.3, -0.25) is 10.1 Å². The van der Waals surface area contributed by atoms with Crippen LogP contribution in [0, 0.1) is 11.8 Å². The molecule has 1 aliphatic heterocycles. The molecule has 1 heterocycles. The number of hydrogen-bond donors (Lipinski definition) is 2. The summed E-state index contributed by atoms with van der Waals surface area (Å²) in [6, 6.07) is 0. The number of ether oxygens (including phenoxy) is 1. The molecule has 5 nitrogen and oxygen atoms in total. The summed E-state index contributed by atoms with van der Waals surface area (Å²) in [5.74, 6) is -0.292. The molecule has 0 aromatic heterocycles. The molecular formula is C15H22O5. The minimum absolute atomic E-state index is 0.0684. The third-order valence-electron chi connectivity index (χ3n) is 4.46. The van der Waals surface area contributed by atoms with E-state index >= 15 is 0 Å². The van der Waals surface area contributed by atoms with Crippen LogP contribution in [0.1, 0.15) is 33.1 Å². The van der Waals surface area contributed by atoms with E-state index in [1.807, 2.05) is 13.0 Å². The second-order valence-corrected chi connectivity index (χ2v) is 5.81. The SMILES string of the molecule is C=C1CCC2C(C=C(C)C(O)CC1OO)OC(=O)C2C. The molecule has 0 spiro atoms. The van der Waals surface area contributed by atoms with Crippen molar-refractivity contribution in [2.45, 2.75) is 51.4 Å². The molecule has 2 aliphatic rings. The van der Waals surface area contributed by atoms with Crippen molar-refractivity contribution < 1.29 is 24.8 Å². The van der Waals surface area contributed by atoms with Gasteiger partial charge < -0.3 is 9.84 Å². The molecular weight excluding hydrogens is 260 g/mol. The number of hydrogen-bond acceptors (Lipinski definition) is 5. The number of aliphatic hydroxyl groups excluding tert-OH is 1. The van der Waals surface area contributed by atoms with E-state index in [1.165, 1.54) is 0 Å². The van der Waals surface area contributed by atoms with Crippen molar-refractivity contribution in [3.05, 3.63) is 23.8 Å². The van der Waals surface area contributed by atoms with Crippen LogP contribution in [0.2, 0.25) is 0 Å². The summed E-state index contributed by atoms with van der Waals surface area (Å²) in [7, 11) is 0. The second-order valence-electron chi connectivity index (χ2n) is 5.81. The molecule has 1 saturated heterocycles. The van der Waals surface area contributed by atoms with Crippen LogP contribution >= 0.6 is 0 Å². The van der Waals surface area contributed by atoms with Crippen LogP contribution in [0.3, 0.4) is 0 Å². The van der Waals surface area contributed by atoms with Crippen molar-refractivity contribution in [1.29, 1.82) is 0 Å². The molecule has 1 aliphatic carbocycles. The Kier molecular flexibility index (Phi) is 4.62. The van der Waals surface area contributed by atoms with Crippen LogP contribution in [-0.4, -0.2) is 34.6 Å². The normalized spacial score (nSPS) is 39.0. The molecule has 2 N–H and O–H groups in total. The van der Waals surface area contributed by atoms with Crippen molar-refractivity contribution in [3.8, 4) is 0 Å². The van der Waals surface area contributed by atoms with E-state index < -0.39 is 12.2 Å². The summed E-state index contributed by atoms with van der Waals surface area (Å²) in [4.78, 5) is 16.2. The van der Waals surface area contributed by atoms with Gasteiger partial charge in [-0.25, -0.2) is 4.89 Å². The van der Waals surface area contributed by atoms with Crippen LogP contribution in [-0.2, 0) is 14.4 Å². The van der Waals surface area contributed by atoms with E-state index in [-0.39, 0.29) is 30.3 Å². The fourth-order valence-electron chi connectivity index (χ4n) is 2.92. The summed E-state index contributed by atoms with van der Waals surface area (Å²) in [5.41, 5.74) is 1.45. The predicted molar refractivity (Wildman–Crippen MR) is 72.8 cm³/mol. The number of carbonyl (C=O) groups is 1. The van der Waals surface area contributed by atoms with Gasteiger partial charge in [0, 0.05) is 12.3 Å². The van der Waals surface area contributed by atoms with Crippen LogP contribution < -0.4 is 0 Å². The lowest BCUT2D eigenvalue weighted by atomic mass is 9.83. The van der Waals surface area contributed by atoms with E-state index in [1.54, 1.807) is 6.92 Å². The smallest absolute Gasteiger partial charge is 0.309 e. The van der Waals surface area contributed by atoms with E-state index in [9.17, 15) is 9.90 Å². The first kappa shape index (κ1) is 15.2. The van der Waals surface area contributed by atoms with Gasteiger partial charge in [0.2, 0.25) is 0 Å². The maximum atomic E-state index is 11.7. The fraction of sp³-hybridized carbons (Fsp3) is 0.667. The average Bonchev–Trinajstić information content (AvgIpc) is 2.67. The molecule has 1 fully saturated rings. The monoisotopic (exact) mass is 282 g/mol. The first-order valence-corrected chi connectivity index (χ1v) is 6.98. The lowest BCUT2D eigenvalue weighted by molar-refractivity contribution is -0.272. The topological polar surface area (TPSA) is 76.0 Å². The highest BCUT2D eigenvalue weighted by atomic mass is 17.1. The molecule has 0 bridgehead atoms. The molecule has 112 valence electrons. The Morgan fingerprint density at radius 2 is 2.20 bits per heavy atom. The van der Waals surface area contributed by atoms with Gasteiger partial charge in [0.05, 0.1) is 12.0 Å². The molecule has 20 heavy (non-hydrogen) atoms. The fourth-order valence-corrected chi connectivity index (χ4v) is 2.92. The van der Waals surface area contributed by atoms with Crippen LogP contribution in [0.25, 0.3) is 0 Å². The molecule has 0 amide bonds. The molecule has 2 rings (SSSR count). The molecule has 5 atom stereocenters. The third-order valence-corrected chi connectivity index (χ3v) is 4.46. The van der Waals surface area contributed by atoms with Crippen molar-refractivity contribution >= 4 is 5.97 Å². The quantitative estimate of drug-likeness (QED) is 0.333. The maximum Gasteiger partial charge on any atom is 0.309 e. The molecule has 5 heteroatoms. The van der Waals surface area contributed by atoms with Gasteiger partial charge in [0.15, 0.2) is 0 Å². The van der Waals surface area contributed by atoms with Gasteiger partial charge >= 0.3 is 5.97 Å². The highest BCUT2D eigenvalue weighted by molar-refractivity contribution is 5.75. The van der Waals surface area contributed by atoms with E-state index in [0.717, 1.165) is 17.6 Å². The van der Waals surface area contributed by atoms with E-state index in [0.29, 0.717) is 6.42 Å². The number of fused-ring (bicyclic) bond motifs is 1. The van der Waals surface area contributed by atoms with Crippen molar-refractivity contribution in [2.75, 3.05) is 0 Å². The molecule has 0 saturated carbocycles. The van der Waals surface area contributed by atoms with Crippen molar-refractivity contribution in [1.82, 2.24) is 0 Å². The Balaban J connectivity index is 2.27. The van der Waals surface area contributed by atoms with Crippen LogP contribution in [0.5, 0.6) is 0 Å². The van der Waals surface area contributed by atoms with E-state index in [4.69, 9.17) is 9.99 Å². The van der Waals surface area contributed by atoms with E-state index in [2.05, 4.69) is 11.5 Å². The summed E-state index contributed by atoms with van der Waals surface area (Å²) in [6.07, 6.45) is 1.82. The first-order valence-electron chi connectivity index (χ1n) is 6.98. The van der Waals surface area contributed by atoms with Gasteiger partial charge in [-0.05, 0) is 37.0 Å². The summed E-state index contributed by atoms with van der Waals surface area (Å²) in [6.45, 7) is 7.57. The molecule has 5 unspecified atom stereocenters. The third kappa shape index (κ3) is 2.95. The standard InChI is InChI=1S/C15H22O5/c1-8-4-5-11-10(3)15(17)19-14(11)6-9(2)12(16)7-13(8)20-18/h6,10-14,16,18H,1,4-5,7H2,2-3H3. The highest BCUT2D eigenvalue weighted by Gasteiger charge is 2.41. The van der Waals surface area contributed by atoms with Crippen molar-refractivity contribution in [2.24, 2.45) is 11.8 Å². The zero-order valence-corrected chi connectivity index (χ0v) is 11.9. The molecule has 0 aromatic rings. The predicted octanol–water partition coefficient (Wildman–Crippen LogP) is 2.07. The largest absolute Gasteiger partial charge is 0.458 e. The summed E-state index contributed by atoms with van der Waals surface area (Å²) < 4.78 is 5.38. The van der Waals surface area contributed by atoms with Gasteiger partial charge in [-0.2, -0.15) is 0 Å². The second kappa shape index (κ2) is 6.08. The first-order chi connectivity index (χ1) is 9.43. The zero-order valence-electron chi connectivity index (χ0n) is 11.9. The lowest BCUT2D eigenvalue weighted by Crippen LogP contribution is -2.27. The number of carbonyl (C=O) groups excluding carboxylic acids is 1. The van der Waals surface area contributed by atoms with Crippen molar-refractivity contribution in [3.63, 3.8) is 0 Å². The Morgan fingerprint density at radius 3 is 2.85 bits per heavy atom. The maximum absolute atomic E-state index is 11.7. The summed E-state index contributed by atoms with van der Waals surface area (Å²) in [5, 5.41) is 19.1. The number of aliphatic hydroxyl groups is 1. The number of rotatable bonds is 1. The highest BCUT2D eigenvalue weighted by Crippen LogP contribution is 2.36.